The Bertz CT molecular complexity index is 1010. The van der Waals surface area contributed by atoms with Crippen molar-refractivity contribution in [3.8, 4) is 11.4 Å². The molecular formula is C22H25N5S. The number of hydrogen-bond acceptors (Lipinski definition) is 3. The minimum Gasteiger partial charge on any atom is -0.332 e. The molecule has 0 atom stereocenters. The minimum atomic E-state index is 0.575. The van der Waals surface area contributed by atoms with Gasteiger partial charge in [0.25, 0.3) is 0 Å². The fourth-order valence-electron chi connectivity index (χ4n) is 3.61. The first-order valence-corrected chi connectivity index (χ1v) is 10.2. The van der Waals surface area contributed by atoms with Gasteiger partial charge in [-0.25, -0.2) is 0 Å². The van der Waals surface area contributed by atoms with Crippen LogP contribution >= 0.6 is 12.2 Å². The van der Waals surface area contributed by atoms with E-state index in [4.69, 9.17) is 12.2 Å². The van der Waals surface area contributed by atoms with Crippen molar-refractivity contribution in [2.75, 3.05) is 10.6 Å². The highest BCUT2D eigenvalue weighted by atomic mass is 32.1. The lowest BCUT2D eigenvalue weighted by Crippen LogP contribution is -2.19. The summed E-state index contributed by atoms with van der Waals surface area (Å²) in [4.78, 5) is 0. The molecule has 0 fully saturated rings. The number of hydrogen-bond donors (Lipinski definition) is 2. The van der Waals surface area contributed by atoms with Gasteiger partial charge in [-0.15, -0.1) is 10.2 Å². The predicted molar refractivity (Wildman–Crippen MR) is 119 cm³/mol. The molecule has 0 radical (unpaired) electrons. The van der Waals surface area contributed by atoms with Gasteiger partial charge >= 0.3 is 0 Å². The first-order chi connectivity index (χ1) is 13.6. The molecule has 0 saturated heterocycles. The second-order valence-electron chi connectivity index (χ2n) is 7.31. The summed E-state index contributed by atoms with van der Waals surface area (Å²) >= 11 is 5.52. The highest BCUT2D eigenvalue weighted by Gasteiger charge is 2.16. The van der Waals surface area contributed by atoms with Gasteiger partial charge in [0.05, 0.1) is 0 Å². The second kappa shape index (κ2) is 8.10. The van der Waals surface area contributed by atoms with Gasteiger partial charge in [-0.1, -0.05) is 30.7 Å². The minimum absolute atomic E-state index is 0.575. The molecule has 0 spiro atoms. The van der Waals surface area contributed by atoms with Crippen molar-refractivity contribution in [2.45, 2.75) is 46.1 Å². The van der Waals surface area contributed by atoms with Crippen LogP contribution in [0.1, 0.15) is 36.2 Å². The smallest absolute Gasteiger partial charge is 0.175 e. The molecule has 6 heteroatoms. The van der Waals surface area contributed by atoms with Gasteiger partial charge in [-0.2, -0.15) is 0 Å². The number of aromatic nitrogens is 3. The topological polar surface area (TPSA) is 54.8 Å². The van der Waals surface area contributed by atoms with E-state index in [1.165, 1.54) is 30.4 Å². The molecule has 1 aliphatic heterocycles. The summed E-state index contributed by atoms with van der Waals surface area (Å²) in [6.45, 7) is 5.18. The average molecular weight is 392 g/mol. The third-order valence-corrected chi connectivity index (χ3v) is 5.55. The molecule has 5 nitrogen and oxygen atoms in total. The predicted octanol–water partition coefficient (Wildman–Crippen LogP) is 5.10. The summed E-state index contributed by atoms with van der Waals surface area (Å²) in [7, 11) is 0. The Morgan fingerprint density at radius 3 is 2.75 bits per heavy atom. The van der Waals surface area contributed by atoms with E-state index in [1.807, 2.05) is 24.3 Å². The monoisotopic (exact) mass is 391 g/mol. The van der Waals surface area contributed by atoms with Crippen LogP contribution in [-0.2, 0) is 13.0 Å². The Morgan fingerprint density at radius 2 is 1.86 bits per heavy atom. The summed E-state index contributed by atoms with van der Waals surface area (Å²) in [6.07, 6.45) is 4.63. The van der Waals surface area contributed by atoms with Crippen LogP contribution in [0.3, 0.4) is 0 Å². The molecular weight excluding hydrogens is 366 g/mol. The van der Waals surface area contributed by atoms with Gasteiger partial charge in [0.2, 0.25) is 0 Å². The van der Waals surface area contributed by atoms with Gasteiger partial charge in [0, 0.05) is 29.9 Å². The Kier molecular flexibility index (Phi) is 5.39. The average Bonchev–Trinajstić information content (AvgIpc) is 2.94. The van der Waals surface area contributed by atoms with E-state index < -0.39 is 0 Å². The second-order valence-corrected chi connectivity index (χ2v) is 7.72. The van der Waals surface area contributed by atoms with E-state index in [2.05, 4.69) is 57.4 Å². The molecule has 0 bridgehead atoms. The maximum Gasteiger partial charge on any atom is 0.175 e. The first-order valence-electron chi connectivity index (χ1n) is 9.78. The molecule has 4 rings (SSSR count). The van der Waals surface area contributed by atoms with Crippen LogP contribution in [0, 0.1) is 13.8 Å². The van der Waals surface area contributed by atoms with Gasteiger partial charge in [0.15, 0.2) is 10.9 Å². The lowest BCUT2D eigenvalue weighted by atomic mass is 10.1. The zero-order valence-electron chi connectivity index (χ0n) is 16.3. The lowest BCUT2D eigenvalue weighted by molar-refractivity contribution is 0.636. The van der Waals surface area contributed by atoms with Crippen LogP contribution in [0.4, 0.5) is 11.4 Å². The fraction of sp³-hybridized carbons (Fsp3) is 0.318. The third kappa shape index (κ3) is 3.92. The van der Waals surface area contributed by atoms with Crippen LogP contribution < -0.4 is 10.6 Å². The normalized spacial score (nSPS) is 13.5. The Hall–Kier alpha value is -2.73. The zero-order valence-corrected chi connectivity index (χ0v) is 17.1. The van der Waals surface area contributed by atoms with Crippen LogP contribution in [0.25, 0.3) is 11.4 Å². The molecule has 2 N–H and O–H groups in total. The Labute approximate surface area is 171 Å². The number of nitrogens with zero attached hydrogens (tertiary/aromatic N) is 3. The number of fused-ring (bicyclic) bond motifs is 1. The van der Waals surface area contributed by atoms with Crippen molar-refractivity contribution in [3.05, 3.63) is 59.4 Å². The van der Waals surface area contributed by atoms with Gasteiger partial charge in [-0.3, -0.25) is 0 Å². The van der Waals surface area contributed by atoms with Gasteiger partial charge in [0.1, 0.15) is 5.82 Å². The van der Waals surface area contributed by atoms with Crippen molar-refractivity contribution in [1.29, 1.82) is 0 Å². The summed E-state index contributed by atoms with van der Waals surface area (Å²) in [5.41, 5.74) is 5.46. The number of anilines is 2. The number of thiocarbonyl (C=S) groups is 1. The standard InChI is InChI=1S/C22H25N5S/c1-15-8-6-11-19(16(15)2)24-22(28)23-18-10-7-9-17(14-18)21-26-25-20-12-4-3-5-13-27(20)21/h6-11,14H,3-5,12-13H2,1-2H3,(H2,23,24,28). The molecule has 1 aliphatic rings. The highest BCUT2D eigenvalue weighted by molar-refractivity contribution is 7.80. The quantitative estimate of drug-likeness (QED) is 0.609. The number of rotatable bonds is 3. The molecule has 28 heavy (non-hydrogen) atoms. The number of aryl methyl sites for hydroxylation is 2. The van der Waals surface area contributed by atoms with Crippen LogP contribution in [0.5, 0.6) is 0 Å². The molecule has 0 amide bonds. The summed E-state index contributed by atoms with van der Waals surface area (Å²) in [6, 6.07) is 14.4. The number of benzene rings is 2. The van der Waals surface area contributed by atoms with Crippen LogP contribution in [-0.4, -0.2) is 19.9 Å². The first kappa shape index (κ1) is 18.6. The van der Waals surface area contributed by atoms with Crippen molar-refractivity contribution in [2.24, 2.45) is 0 Å². The van der Waals surface area contributed by atoms with Crippen molar-refractivity contribution in [1.82, 2.24) is 14.8 Å². The van der Waals surface area contributed by atoms with E-state index in [1.54, 1.807) is 0 Å². The van der Waals surface area contributed by atoms with E-state index in [0.29, 0.717) is 5.11 Å². The summed E-state index contributed by atoms with van der Waals surface area (Å²) in [5.74, 6) is 2.03. The molecule has 1 aromatic heterocycles. The Morgan fingerprint density at radius 1 is 1.00 bits per heavy atom. The van der Waals surface area contributed by atoms with Crippen molar-refractivity contribution in [3.63, 3.8) is 0 Å². The van der Waals surface area contributed by atoms with Crippen molar-refractivity contribution < 1.29 is 0 Å². The van der Waals surface area contributed by atoms with Crippen LogP contribution in [0.15, 0.2) is 42.5 Å². The molecule has 3 aromatic rings. The fourth-order valence-corrected chi connectivity index (χ4v) is 3.83. The van der Waals surface area contributed by atoms with Crippen LogP contribution in [0.2, 0.25) is 0 Å². The highest BCUT2D eigenvalue weighted by Crippen LogP contribution is 2.25. The molecule has 0 saturated carbocycles. The van der Waals surface area contributed by atoms with Gasteiger partial charge in [-0.05, 0) is 68.2 Å². The summed E-state index contributed by atoms with van der Waals surface area (Å²) in [5, 5.41) is 16.0. The molecule has 2 aromatic carbocycles. The zero-order chi connectivity index (χ0) is 19.5. The van der Waals surface area contributed by atoms with Crippen molar-refractivity contribution >= 4 is 28.7 Å². The summed E-state index contributed by atoms with van der Waals surface area (Å²) < 4.78 is 2.26. The SMILES string of the molecule is Cc1cccc(NC(=S)Nc2cccc(-c3nnc4n3CCCCC4)c2)c1C. The van der Waals surface area contributed by atoms with E-state index in [0.717, 1.165) is 41.6 Å². The van der Waals surface area contributed by atoms with E-state index >= 15 is 0 Å². The third-order valence-electron chi connectivity index (χ3n) is 5.34. The van der Waals surface area contributed by atoms with Gasteiger partial charge < -0.3 is 15.2 Å². The molecule has 2 heterocycles. The largest absolute Gasteiger partial charge is 0.332 e. The maximum atomic E-state index is 5.52. The van der Waals surface area contributed by atoms with E-state index in [-0.39, 0.29) is 0 Å². The van der Waals surface area contributed by atoms with E-state index in [9.17, 15) is 0 Å². The molecule has 144 valence electrons. The molecule has 0 aliphatic carbocycles. The lowest BCUT2D eigenvalue weighted by Gasteiger charge is -2.14. The maximum absolute atomic E-state index is 5.52. The Balaban J connectivity index is 1.52. The number of nitrogens with one attached hydrogen (secondary N) is 2. The molecule has 0 unspecified atom stereocenters.